The summed E-state index contributed by atoms with van der Waals surface area (Å²) in [6, 6.07) is 9.07. The number of rotatable bonds is 7. The number of nitrogens with one attached hydrogen (secondary N) is 1. The Balaban J connectivity index is 1.60. The highest BCUT2D eigenvalue weighted by molar-refractivity contribution is 7.10. The summed E-state index contributed by atoms with van der Waals surface area (Å²) in [7, 11) is 0. The molecule has 0 amide bonds. The normalized spacial score (nSPS) is 12.6. The lowest BCUT2D eigenvalue weighted by molar-refractivity contribution is 0.508. The highest BCUT2D eigenvalue weighted by atomic mass is 32.1. The monoisotopic (exact) mass is 303 g/mol. The lowest BCUT2D eigenvalue weighted by Crippen LogP contribution is -2.26. The van der Waals surface area contributed by atoms with Gasteiger partial charge in [-0.1, -0.05) is 12.1 Å². The molecule has 0 aliphatic heterocycles. The van der Waals surface area contributed by atoms with Gasteiger partial charge in [0.1, 0.15) is 0 Å². The predicted octanol–water partition coefficient (Wildman–Crippen LogP) is 3.58. The molecule has 0 aromatic carbocycles. The van der Waals surface area contributed by atoms with E-state index in [1.165, 1.54) is 9.75 Å². The van der Waals surface area contributed by atoms with Crippen molar-refractivity contribution in [3.8, 4) is 0 Å². The first kappa shape index (κ1) is 13.5. The molecule has 0 saturated carbocycles. The molecule has 0 spiro atoms. The molecule has 3 aromatic heterocycles. The van der Waals surface area contributed by atoms with Crippen molar-refractivity contribution in [3.05, 3.63) is 63.5 Å². The number of hydrogen-bond acceptors (Lipinski definition) is 4. The summed E-state index contributed by atoms with van der Waals surface area (Å²) in [6.07, 6.45) is 6.74. The molecule has 5 heteroatoms. The van der Waals surface area contributed by atoms with E-state index in [4.69, 9.17) is 0 Å². The van der Waals surface area contributed by atoms with Gasteiger partial charge >= 0.3 is 0 Å². The molecule has 0 aliphatic carbocycles. The third-order valence-electron chi connectivity index (χ3n) is 3.19. The molecule has 0 radical (unpaired) electrons. The van der Waals surface area contributed by atoms with Crippen LogP contribution in [0.4, 0.5) is 0 Å². The summed E-state index contributed by atoms with van der Waals surface area (Å²) in [6.45, 7) is 1.90. The Bertz CT molecular complexity index is 585. The second-order valence-electron chi connectivity index (χ2n) is 4.61. The van der Waals surface area contributed by atoms with Crippen molar-refractivity contribution in [3.63, 3.8) is 0 Å². The maximum absolute atomic E-state index is 4.07. The van der Waals surface area contributed by atoms with E-state index in [0.29, 0.717) is 6.04 Å². The van der Waals surface area contributed by atoms with Gasteiger partial charge in [0.05, 0.1) is 6.33 Å². The highest BCUT2D eigenvalue weighted by Crippen LogP contribution is 2.24. The van der Waals surface area contributed by atoms with Gasteiger partial charge in [-0.15, -0.1) is 22.7 Å². The lowest BCUT2D eigenvalue weighted by atomic mass is 10.1. The van der Waals surface area contributed by atoms with Gasteiger partial charge in [0.2, 0.25) is 0 Å². The summed E-state index contributed by atoms with van der Waals surface area (Å²) in [5.74, 6) is 0. The summed E-state index contributed by atoms with van der Waals surface area (Å²) in [5, 5.41) is 7.96. The van der Waals surface area contributed by atoms with Crippen molar-refractivity contribution in [2.45, 2.75) is 19.0 Å². The second-order valence-corrected chi connectivity index (χ2v) is 6.62. The molecule has 1 atom stereocenters. The van der Waals surface area contributed by atoms with Crippen molar-refractivity contribution in [1.82, 2.24) is 14.9 Å². The van der Waals surface area contributed by atoms with E-state index < -0.39 is 0 Å². The Morgan fingerprint density at radius 3 is 2.80 bits per heavy atom. The summed E-state index contributed by atoms with van der Waals surface area (Å²) in [4.78, 5) is 6.91. The molecule has 20 heavy (non-hydrogen) atoms. The zero-order chi connectivity index (χ0) is 13.6. The van der Waals surface area contributed by atoms with Crippen LogP contribution in [0, 0.1) is 0 Å². The first-order valence-electron chi connectivity index (χ1n) is 6.67. The average molecular weight is 303 g/mol. The molecule has 1 unspecified atom stereocenters. The van der Waals surface area contributed by atoms with Crippen molar-refractivity contribution < 1.29 is 0 Å². The van der Waals surface area contributed by atoms with Crippen LogP contribution in [-0.4, -0.2) is 16.1 Å². The second kappa shape index (κ2) is 6.83. The van der Waals surface area contributed by atoms with E-state index in [1.807, 2.05) is 41.4 Å². The summed E-state index contributed by atoms with van der Waals surface area (Å²) < 4.78 is 2.10. The zero-order valence-electron chi connectivity index (χ0n) is 11.1. The van der Waals surface area contributed by atoms with Crippen LogP contribution in [0.5, 0.6) is 0 Å². The van der Waals surface area contributed by atoms with E-state index in [9.17, 15) is 0 Å². The van der Waals surface area contributed by atoms with Crippen LogP contribution in [0.15, 0.2) is 53.7 Å². The Morgan fingerprint density at radius 1 is 1.20 bits per heavy atom. The first-order chi connectivity index (χ1) is 9.92. The van der Waals surface area contributed by atoms with Crippen LogP contribution in [0.2, 0.25) is 0 Å². The van der Waals surface area contributed by atoms with Gasteiger partial charge in [0, 0.05) is 47.7 Å². The van der Waals surface area contributed by atoms with Crippen molar-refractivity contribution >= 4 is 22.7 Å². The molecule has 0 bridgehead atoms. The maximum atomic E-state index is 4.07. The van der Waals surface area contributed by atoms with Gasteiger partial charge in [0.15, 0.2) is 0 Å². The molecule has 0 fully saturated rings. The van der Waals surface area contributed by atoms with E-state index in [-0.39, 0.29) is 0 Å². The number of nitrogens with zero attached hydrogens (tertiary/aromatic N) is 2. The molecule has 3 rings (SSSR count). The predicted molar refractivity (Wildman–Crippen MR) is 85.3 cm³/mol. The lowest BCUT2D eigenvalue weighted by Gasteiger charge is -2.17. The standard InChI is InChI=1S/C15H17N3S2/c1-3-13(19-9-1)11-14(15-4-2-10-20-15)17-6-8-18-7-5-16-12-18/h1-5,7,9-10,12,14,17H,6,8,11H2. The fourth-order valence-electron chi connectivity index (χ4n) is 2.18. The number of imidazole rings is 1. The van der Waals surface area contributed by atoms with Crippen LogP contribution in [0.1, 0.15) is 15.8 Å². The Hall–Kier alpha value is -1.43. The zero-order valence-corrected chi connectivity index (χ0v) is 12.7. The minimum Gasteiger partial charge on any atom is -0.336 e. The smallest absolute Gasteiger partial charge is 0.0946 e. The minimum atomic E-state index is 0.400. The molecular weight excluding hydrogens is 286 g/mol. The highest BCUT2D eigenvalue weighted by Gasteiger charge is 2.13. The topological polar surface area (TPSA) is 29.9 Å². The van der Waals surface area contributed by atoms with Crippen molar-refractivity contribution in [1.29, 1.82) is 0 Å². The van der Waals surface area contributed by atoms with Gasteiger partial charge in [-0.05, 0) is 22.9 Å². The quantitative estimate of drug-likeness (QED) is 0.723. The minimum absolute atomic E-state index is 0.400. The Morgan fingerprint density at radius 2 is 2.10 bits per heavy atom. The van der Waals surface area contributed by atoms with E-state index in [0.717, 1.165) is 19.5 Å². The first-order valence-corrected chi connectivity index (χ1v) is 8.42. The largest absolute Gasteiger partial charge is 0.336 e. The maximum Gasteiger partial charge on any atom is 0.0946 e. The van der Waals surface area contributed by atoms with Gasteiger partial charge in [-0.2, -0.15) is 0 Å². The molecule has 104 valence electrons. The van der Waals surface area contributed by atoms with Crippen LogP contribution in [0.25, 0.3) is 0 Å². The molecule has 3 nitrogen and oxygen atoms in total. The van der Waals surface area contributed by atoms with E-state index in [1.54, 1.807) is 0 Å². The SMILES string of the molecule is c1csc(CC(NCCn2ccnc2)c2cccs2)c1. The average Bonchev–Trinajstić information content (AvgIpc) is 3.21. The third kappa shape index (κ3) is 3.56. The summed E-state index contributed by atoms with van der Waals surface area (Å²) in [5.41, 5.74) is 0. The molecule has 3 heterocycles. The van der Waals surface area contributed by atoms with Crippen LogP contribution < -0.4 is 5.32 Å². The van der Waals surface area contributed by atoms with Gasteiger partial charge in [-0.3, -0.25) is 0 Å². The molecule has 1 N–H and O–H groups in total. The van der Waals surface area contributed by atoms with E-state index in [2.05, 4.69) is 49.9 Å². The number of thiophene rings is 2. The molecule has 0 saturated heterocycles. The van der Waals surface area contributed by atoms with Crippen molar-refractivity contribution in [2.75, 3.05) is 6.54 Å². The molecular formula is C15H17N3S2. The Kier molecular flexibility index (Phi) is 4.63. The fraction of sp³-hybridized carbons (Fsp3) is 0.267. The summed E-state index contributed by atoms with van der Waals surface area (Å²) >= 11 is 3.65. The molecule has 0 aliphatic rings. The van der Waals surface area contributed by atoms with Gasteiger partial charge < -0.3 is 9.88 Å². The Labute approximate surface area is 126 Å². The van der Waals surface area contributed by atoms with Crippen LogP contribution >= 0.6 is 22.7 Å². The fourth-order valence-corrected chi connectivity index (χ4v) is 3.73. The van der Waals surface area contributed by atoms with Gasteiger partial charge in [-0.25, -0.2) is 4.98 Å². The van der Waals surface area contributed by atoms with E-state index >= 15 is 0 Å². The van der Waals surface area contributed by atoms with Crippen molar-refractivity contribution in [2.24, 2.45) is 0 Å². The number of aromatic nitrogens is 2. The van der Waals surface area contributed by atoms with Crippen LogP contribution in [-0.2, 0) is 13.0 Å². The number of hydrogen-bond donors (Lipinski definition) is 1. The molecule has 3 aromatic rings. The third-order valence-corrected chi connectivity index (χ3v) is 5.08. The van der Waals surface area contributed by atoms with Gasteiger partial charge in [0.25, 0.3) is 0 Å². The van der Waals surface area contributed by atoms with Crippen LogP contribution in [0.3, 0.4) is 0 Å².